The van der Waals surface area contributed by atoms with Gasteiger partial charge in [-0.05, 0) is 49.1 Å². The van der Waals surface area contributed by atoms with Gasteiger partial charge in [0.2, 0.25) is 0 Å². The number of unbranched alkanes of at least 4 members (excludes halogenated alkanes) is 1. The second kappa shape index (κ2) is 9.60. The summed E-state index contributed by atoms with van der Waals surface area (Å²) in [7, 11) is 0. The molecule has 31 heavy (non-hydrogen) atoms. The highest BCUT2D eigenvalue weighted by Crippen LogP contribution is 2.24. The summed E-state index contributed by atoms with van der Waals surface area (Å²) >= 11 is 0. The molecule has 0 aliphatic heterocycles. The minimum absolute atomic E-state index is 0.0459. The Morgan fingerprint density at radius 3 is 2.55 bits per heavy atom. The number of amides is 2. The zero-order valence-electron chi connectivity index (χ0n) is 17.8. The molecule has 0 spiro atoms. The molecule has 1 aliphatic rings. The maximum atomic E-state index is 12.7. The lowest BCUT2D eigenvalue weighted by Crippen LogP contribution is -2.25. The lowest BCUT2D eigenvalue weighted by molar-refractivity contribution is 0.0944. The van der Waals surface area contributed by atoms with Gasteiger partial charge in [0.1, 0.15) is 5.82 Å². The number of aromatic nitrogens is 1. The molecular weight excluding hydrogens is 388 g/mol. The maximum Gasteiger partial charge on any atom is 0.252 e. The number of pyridine rings is 1. The molecule has 1 fully saturated rings. The fourth-order valence-corrected chi connectivity index (χ4v) is 3.39. The highest BCUT2D eigenvalue weighted by Gasteiger charge is 2.25. The van der Waals surface area contributed by atoms with Gasteiger partial charge in [-0.15, -0.1) is 0 Å². The molecule has 3 N–H and O–H groups in total. The van der Waals surface area contributed by atoms with E-state index in [0.29, 0.717) is 36.1 Å². The van der Waals surface area contributed by atoms with Crippen molar-refractivity contribution in [3.8, 4) is 0 Å². The Bertz CT molecular complexity index is 1070. The predicted molar refractivity (Wildman–Crippen MR) is 123 cm³/mol. The first kappa shape index (κ1) is 20.8. The summed E-state index contributed by atoms with van der Waals surface area (Å²) in [6, 6.07) is 17.3. The molecule has 6 nitrogen and oxygen atoms in total. The highest BCUT2D eigenvalue weighted by molar-refractivity contribution is 6.07. The van der Waals surface area contributed by atoms with Gasteiger partial charge in [0, 0.05) is 30.1 Å². The van der Waals surface area contributed by atoms with E-state index in [0.717, 1.165) is 42.1 Å². The first-order valence-corrected chi connectivity index (χ1v) is 11.0. The number of hydrogen-bond acceptors (Lipinski definition) is 4. The van der Waals surface area contributed by atoms with Gasteiger partial charge in [0.05, 0.1) is 11.1 Å². The van der Waals surface area contributed by atoms with E-state index in [1.165, 1.54) is 0 Å². The van der Waals surface area contributed by atoms with Crippen molar-refractivity contribution in [3.63, 3.8) is 0 Å². The number of carbonyl (C=O) groups is 2. The fraction of sp³-hybridized carbons (Fsp3) is 0.320. The third-order valence-electron chi connectivity index (χ3n) is 5.38. The van der Waals surface area contributed by atoms with Crippen LogP contribution in [0.15, 0.2) is 54.6 Å². The Kier molecular flexibility index (Phi) is 6.46. The Balaban J connectivity index is 1.45. The summed E-state index contributed by atoms with van der Waals surface area (Å²) in [5, 5.41) is 10.2. The first-order valence-electron chi connectivity index (χ1n) is 11.0. The standard InChI is InChI=1S/C25H28N4O2/c1-2-3-14-26-24(30)18-10-8-17(9-11-18)16-27-23-15-21(25(31)28-19-12-13-19)20-6-4-5-7-22(20)29-23/h4-11,15,19H,2-3,12-14,16H2,1H3,(H,26,30)(H,27,29)(H,28,31). The molecule has 2 amide bonds. The van der Waals surface area contributed by atoms with Gasteiger partial charge in [-0.1, -0.05) is 43.7 Å². The minimum atomic E-state index is -0.0532. The summed E-state index contributed by atoms with van der Waals surface area (Å²) in [6.45, 7) is 3.34. The average Bonchev–Trinajstić information content (AvgIpc) is 3.61. The van der Waals surface area contributed by atoms with Gasteiger partial charge in [-0.25, -0.2) is 4.98 Å². The highest BCUT2D eigenvalue weighted by atomic mass is 16.2. The quantitative estimate of drug-likeness (QED) is 0.455. The van der Waals surface area contributed by atoms with Crippen LogP contribution in [0, 0.1) is 0 Å². The third kappa shape index (κ3) is 5.40. The molecule has 0 saturated heterocycles. The molecule has 1 saturated carbocycles. The summed E-state index contributed by atoms with van der Waals surface area (Å²) < 4.78 is 0. The molecule has 6 heteroatoms. The van der Waals surface area contributed by atoms with Gasteiger partial charge in [0.25, 0.3) is 11.8 Å². The normalized spacial score (nSPS) is 13.1. The molecule has 0 radical (unpaired) electrons. The van der Waals surface area contributed by atoms with Crippen LogP contribution in [0.25, 0.3) is 10.9 Å². The van der Waals surface area contributed by atoms with Crippen molar-refractivity contribution in [1.82, 2.24) is 15.6 Å². The largest absolute Gasteiger partial charge is 0.366 e. The Morgan fingerprint density at radius 1 is 1.03 bits per heavy atom. The predicted octanol–water partition coefficient (Wildman–Crippen LogP) is 4.27. The van der Waals surface area contributed by atoms with Crippen molar-refractivity contribution < 1.29 is 9.59 Å². The van der Waals surface area contributed by atoms with E-state index >= 15 is 0 Å². The van der Waals surface area contributed by atoms with E-state index < -0.39 is 0 Å². The van der Waals surface area contributed by atoms with Crippen molar-refractivity contribution in [2.24, 2.45) is 0 Å². The van der Waals surface area contributed by atoms with Crippen LogP contribution in [0.2, 0.25) is 0 Å². The second-order valence-electron chi connectivity index (χ2n) is 7.98. The third-order valence-corrected chi connectivity index (χ3v) is 5.38. The zero-order valence-corrected chi connectivity index (χ0v) is 17.8. The molecular formula is C25H28N4O2. The van der Waals surface area contributed by atoms with Crippen molar-refractivity contribution in [2.45, 2.75) is 45.2 Å². The maximum absolute atomic E-state index is 12.7. The molecule has 160 valence electrons. The fourth-order valence-electron chi connectivity index (χ4n) is 3.39. The summed E-state index contributed by atoms with van der Waals surface area (Å²) in [5.41, 5.74) is 3.11. The number of nitrogens with zero attached hydrogens (tertiary/aromatic N) is 1. The van der Waals surface area contributed by atoms with Crippen LogP contribution in [0.1, 0.15) is 58.9 Å². The van der Waals surface area contributed by atoms with E-state index in [4.69, 9.17) is 0 Å². The number of anilines is 1. The molecule has 1 heterocycles. The number of benzene rings is 2. The Labute approximate surface area is 182 Å². The van der Waals surface area contributed by atoms with Crippen LogP contribution in [-0.2, 0) is 6.54 Å². The molecule has 4 rings (SSSR count). The van der Waals surface area contributed by atoms with Gasteiger partial charge >= 0.3 is 0 Å². The zero-order chi connectivity index (χ0) is 21.6. The molecule has 0 atom stereocenters. The van der Waals surface area contributed by atoms with Gasteiger partial charge in [0.15, 0.2) is 0 Å². The molecule has 1 aliphatic carbocycles. The first-order chi connectivity index (χ1) is 15.1. The van der Waals surface area contributed by atoms with Crippen LogP contribution in [0.5, 0.6) is 0 Å². The van der Waals surface area contributed by atoms with E-state index in [9.17, 15) is 9.59 Å². The lowest BCUT2D eigenvalue weighted by Gasteiger charge is -2.12. The number of fused-ring (bicyclic) bond motifs is 1. The molecule has 1 aromatic heterocycles. The number of nitrogens with one attached hydrogen (secondary N) is 3. The van der Waals surface area contributed by atoms with Crippen molar-refractivity contribution in [1.29, 1.82) is 0 Å². The van der Waals surface area contributed by atoms with Gasteiger partial charge in [-0.3, -0.25) is 9.59 Å². The molecule has 3 aromatic rings. The number of rotatable bonds is 9. The van der Waals surface area contributed by atoms with Crippen LogP contribution < -0.4 is 16.0 Å². The van der Waals surface area contributed by atoms with Gasteiger partial charge in [-0.2, -0.15) is 0 Å². The Hall–Kier alpha value is -3.41. The van der Waals surface area contributed by atoms with E-state index in [-0.39, 0.29) is 11.8 Å². The number of hydrogen-bond donors (Lipinski definition) is 3. The summed E-state index contributed by atoms with van der Waals surface area (Å²) in [5.74, 6) is 0.555. The molecule has 0 bridgehead atoms. The van der Waals surface area contributed by atoms with Crippen molar-refractivity contribution >= 4 is 28.5 Å². The average molecular weight is 417 g/mol. The monoisotopic (exact) mass is 416 g/mol. The minimum Gasteiger partial charge on any atom is -0.366 e. The van der Waals surface area contributed by atoms with Crippen LogP contribution in [0.4, 0.5) is 5.82 Å². The van der Waals surface area contributed by atoms with Crippen molar-refractivity contribution in [3.05, 3.63) is 71.3 Å². The van der Waals surface area contributed by atoms with Crippen LogP contribution in [-0.4, -0.2) is 29.4 Å². The van der Waals surface area contributed by atoms with E-state index in [1.54, 1.807) is 0 Å². The van der Waals surface area contributed by atoms with Crippen LogP contribution in [0.3, 0.4) is 0 Å². The topological polar surface area (TPSA) is 83.1 Å². The molecule has 2 aromatic carbocycles. The van der Waals surface area contributed by atoms with Crippen LogP contribution >= 0.6 is 0 Å². The smallest absolute Gasteiger partial charge is 0.252 e. The molecule has 0 unspecified atom stereocenters. The summed E-state index contributed by atoms with van der Waals surface area (Å²) in [4.78, 5) is 29.5. The SMILES string of the molecule is CCCCNC(=O)c1ccc(CNc2cc(C(=O)NC3CC3)c3ccccc3n2)cc1. The van der Waals surface area contributed by atoms with E-state index in [1.807, 2.05) is 54.6 Å². The Morgan fingerprint density at radius 2 is 1.81 bits per heavy atom. The van der Waals surface area contributed by atoms with Crippen molar-refractivity contribution in [2.75, 3.05) is 11.9 Å². The lowest BCUT2D eigenvalue weighted by atomic mass is 10.1. The summed E-state index contributed by atoms with van der Waals surface area (Å²) in [6.07, 6.45) is 4.13. The van der Waals surface area contributed by atoms with E-state index in [2.05, 4.69) is 27.9 Å². The second-order valence-corrected chi connectivity index (χ2v) is 7.98. The van der Waals surface area contributed by atoms with Gasteiger partial charge < -0.3 is 16.0 Å². The number of carbonyl (C=O) groups excluding carboxylic acids is 2. The number of para-hydroxylation sites is 1.